The summed E-state index contributed by atoms with van der Waals surface area (Å²) in [6.45, 7) is 7.43. The quantitative estimate of drug-likeness (QED) is 0.287. The summed E-state index contributed by atoms with van der Waals surface area (Å²) in [6.07, 6.45) is -8.70. The average Bonchev–Trinajstić information content (AvgIpc) is 3.63. The molecule has 3 unspecified atom stereocenters. The molecule has 1 saturated carbocycles. The van der Waals surface area contributed by atoms with Gasteiger partial charge in [-0.3, -0.25) is 19.2 Å². The molecular formula is C32H41F7N6O5. The van der Waals surface area contributed by atoms with Gasteiger partial charge < -0.3 is 25.5 Å². The van der Waals surface area contributed by atoms with Crippen LogP contribution in [0.1, 0.15) is 53.9 Å². The predicted molar refractivity (Wildman–Crippen MR) is 163 cm³/mol. The van der Waals surface area contributed by atoms with Crippen molar-refractivity contribution in [2.24, 2.45) is 35.0 Å². The summed E-state index contributed by atoms with van der Waals surface area (Å²) >= 11 is 0. The minimum absolute atomic E-state index is 0.0258. The molecule has 3 aliphatic rings. The number of nitriles is 1. The first-order valence-corrected chi connectivity index (χ1v) is 16.0. The zero-order valence-corrected chi connectivity index (χ0v) is 28.1. The van der Waals surface area contributed by atoms with E-state index in [1.165, 1.54) is 28.1 Å². The van der Waals surface area contributed by atoms with Crippen LogP contribution in [0.2, 0.25) is 0 Å². The van der Waals surface area contributed by atoms with Gasteiger partial charge in [-0.15, -0.1) is 0 Å². The number of nitrogens with zero attached hydrogens (tertiary/aromatic N) is 4. The van der Waals surface area contributed by atoms with E-state index in [2.05, 4.69) is 21.7 Å². The zero-order valence-electron chi connectivity index (χ0n) is 28.1. The van der Waals surface area contributed by atoms with Gasteiger partial charge in [-0.2, -0.15) is 31.6 Å². The van der Waals surface area contributed by atoms with Crippen LogP contribution in [-0.4, -0.2) is 93.8 Å². The second-order valence-electron chi connectivity index (χ2n) is 14.0. The lowest BCUT2D eigenvalue weighted by molar-refractivity contribution is -0.278. The van der Waals surface area contributed by atoms with Crippen LogP contribution in [0, 0.1) is 46.3 Å². The van der Waals surface area contributed by atoms with Crippen molar-refractivity contribution >= 4 is 29.9 Å². The number of aromatic nitrogens is 1. The van der Waals surface area contributed by atoms with Crippen LogP contribution in [0.3, 0.4) is 0 Å². The summed E-state index contributed by atoms with van der Waals surface area (Å²) in [5, 5.41) is 25.0. The number of pyridine rings is 1. The predicted octanol–water partition coefficient (Wildman–Crippen LogP) is 4.59. The number of amides is 4. The van der Waals surface area contributed by atoms with Gasteiger partial charge in [0.05, 0.1) is 12.0 Å². The number of carbonyl (C=O) groups is 4. The van der Waals surface area contributed by atoms with E-state index in [4.69, 9.17) is 0 Å². The molecule has 0 bridgehead atoms. The van der Waals surface area contributed by atoms with Crippen LogP contribution in [-0.2, 0) is 19.2 Å². The zero-order chi connectivity index (χ0) is 37.9. The Balaban J connectivity index is 0.000000588. The molecule has 2 saturated heterocycles. The molecule has 3 fully saturated rings. The molecule has 1 aromatic rings. The fourth-order valence-corrected chi connectivity index (χ4v) is 6.74. The molecule has 3 heterocycles. The second kappa shape index (κ2) is 15.4. The SMILES string of the molecule is CC(C(F)(F)F)C(F)(F)F.C[C@H]1[C@H]2C(CC[C@H]1F)CN(C(=O)[C@@H](NC=O)C(C)(C)C)[C@@H]2C(=O)N1CC(C(=O)Nc2ncccc2O)CC1C#N. The molecule has 50 heavy (non-hydrogen) atoms. The maximum Gasteiger partial charge on any atom is 0.400 e. The molecule has 11 nitrogen and oxygen atoms in total. The molecule has 0 aromatic carbocycles. The van der Waals surface area contributed by atoms with Gasteiger partial charge in [0.1, 0.15) is 30.2 Å². The molecule has 18 heteroatoms. The van der Waals surface area contributed by atoms with Crippen LogP contribution < -0.4 is 10.6 Å². The third-order valence-electron chi connectivity index (χ3n) is 9.66. The van der Waals surface area contributed by atoms with Crippen molar-refractivity contribution in [3.8, 4) is 11.8 Å². The number of likely N-dealkylation sites (tertiary alicyclic amines) is 2. The highest BCUT2D eigenvalue weighted by atomic mass is 19.4. The topological polar surface area (TPSA) is 156 Å². The Morgan fingerprint density at radius 1 is 1.08 bits per heavy atom. The largest absolute Gasteiger partial charge is 0.504 e. The van der Waals surface area contributed by atoms with Gasteiger partial charge in [-0.25, -0.2) is 9.37 Å². The summed E-state index contributed by atoms with van der Waals surface area (Å²) in [5.41, 5.74) is -0.656. The second-order valence-corrected chi connectivity index (χ2v) is 14.0. The monoisotopic (exact) mass is 722 g/mol. The molecule has 4 amide bonds. The number of hydrogen-bond donors (Lipinski definition) is 3. The molecule has 4 rings (SSSR count). The number of fused-ring (bicyclic) bond motifs is 1. The van der Waals surface area contributed by atoms with Gasteiger partial charge in [0.2, 0.25) is 24.1 Å². The van der Waals surface area contributed by atoms with Crippen molar-refractivity contribution < 1.29 is 55.0 Å². The number of alkyl halides is 7. The molecule has 0 spiro atoms. The van der Waals surface area contributed by atoms with E-state index in [0.29, 0.717) is 19.3 Å². The molecule has 1 aromatic heterocycles. The van der Waals surface area contributed by atoms with E-state index in [0.717, 1.165) is 0 Å². The first kappa shape index (κ1) is 40.3. The number of anilines is 1. The Labute approximate surface area is 284 Å². The third-order valence-corrected chi connectivity index (χ3v) is 9.66. The van der Waals surface area contributed by atoms with E-state index < -0.39 is 83.5 Å². The summed E-state index contributed by atoms with van der Waals surface area (Å²) in [7, 11) is 0. The molecular weight excluding hydrogens is 681 g/mol. The van der Waals surface area contributed by atoms with Crippen LogP contribution in [0.5, 0.6) is 5.75 Å². The van der Waals surface area contributed by atoms with Gasteiger partial charge in [0.15, 0.2) is 11.6 Å². The van der Waals surface area contributed by atoms with Gasteiger partial charge in [-0.1, -0.05) is 27.7 Å². The van der Waals surface area contributed by atoms with Crippen molar-refractivity contribution in [1.82, 2.24) is 20.1 Å². The van der Waals surface area contributed by atoms with Gasteiger partial charge in [0.25, 0.3) is 0 Å². The van der Waals surface area contributed by atoms with E-state index in [1.54, 1.807) is 27.7 Å². The van der Waals surface area contributed by atoms with Gasteiger partial charge in [-0.05, 0) is 61.5 Å². The molecule has 3 N–H and O–H groups in total. The molecule has 8 atom stereocenters. The number of rotatable bonds is 6. The maximum atomic E-state index is 15.0. The van der Waals surface area contributed by atoms with Crippen molar-refractivity contribution in [2.45, 2.75) is 90.5 Å². The summed E-state index contributed by atoms with van der Waals surface area (Å²) in [6, 6.07) is 2.13. The number of hydrogen-bond acceptors (Lipinski definition) is 7. The normalized spacial score (nSPS) is 27.4. The van der Waals surface area contributed by atoms with Gasteiger partial charge in [0, 0.05) is 19.3 Å². The van der Waals surface area contributed by atoms with Crippen molar-refractivity contribution in [2.75, 3.05) is 18.4 Å². The fourth-order valence-electron chi connectivity index (χ4n) is 6.74. The molecule has 1 aliphatic carbocycles. The Hall–Kier alpha value is -4.17. The smallest absolute Gasteiger partial charge is 0.400 e. The minimum Gasteiger partial charge on any atom is -0.504 e. The number of aromatic hydroxyl groups is 1. The number of halogens is 7. The van der Waals surface area contributed by atoms with E-state index >= 15 is 0 Å². The Morgan fingerprint density at radius 2 is 1.70 bits per heavy atom. The number of nitrogens with one attached hydrogen (secondary N) is 2. The van der Waals surface area contributed by atoms with Crippen molar-refractivity contribution in [3.63, 3.8) is 0 Å². The lowest BCUT2D eigenvalue weighted by atomic mass is 9.70. The lowest BCUT2D eigenvalue weighted by Crippen LogP contribution is -2.58. The first-order valence-electron chi connectivity index (χ1n) is 16.0. The van der Waals surface area contributed by atoms with Crippen LogP contribution in [0.4, 0.5) is 36.6 Å². The van der Waals surface area contributed by atoms with Gasteiger partial charge >= 0.3 is 12.4 Å². The standard InChI is InChI=1S/C28H37FN6O5.C4H4F6/c1-15-19(29)8-7-16-12-35(27(40)23(32-14-36)28(2,3)4)22(21(15)16)26(39)34-13-17(10-18(34)11-30)25(38)33-24-20(37)6-5-9-31-24;1-2(3(5,6)7)4(8,9)10/h5-6,9,14-19,21-23,37H,7-8,10,12-13H2,1-4H3,(H,32,36)(H,31,33,38);2H,1H3/t15-,16?,17?,18?,19-,21+,22+,23-;/m1./s1. The molecule has 2 aliphatic heterocycles. The maximum absolute atomic E-state index is 15.0. The highest BCUT2D eigenvalue weighted by Gasteiger charge is 2.57. The van der Waals surface area contributed by atoms with Crippen molar-refractivity contribution in [3.05, 3.63) is 18.3 Å². The minimum atomic E-state index is -5.18. The van der Waals surface area contributed by atoms with Crippen molar-refractivity contribution in [1.29, 1.82) is 5.26 Å². The molecule has 278 valence electrons. The average molecular weight is 723 g/mol. The van der Waals surface area contributed by atoms with E-state index in [9.17, 15) is 60.3 Å². The highest BCUT2D eigenvalue weighted by molar-refractivity contribution is 5.95. The summed E-state index contributed by atoms with van der Waals surface area (Å²) in [5.74, 6) is -6.72. The Bertz CT molecular complexity index is 1430. The summed E-state index contributed by atoms with van der Waals surface area (Å²) in [4.78, 5) is 59.3. The lowest BCUT2D eigenvalue weighted by Gasteiger charge is -2.39. The highest BCUT2D eigenvalue weighted by Crippen LogP contribution is 2.47. The van der Waals surface area contributed by atoms with E-state index in [1.807, 2.05) is 0 Å². The third kappa shape index (κ3) is 8.94. The fraction of sp³-hybridized carbons (Fsp3) is 0.688. The Morgan fingerprint density at radius 3 is 2.20 bits per heavy atom. The first-order chi connectivity index (χ1) is 23.0. The van der Waals surface area contributed by atoms with E-state index in [-0.39, 0.29) is 43.9 Å². The van der Waals surface area contributed by atoms with Crippen LogP contribution >= 0.6 is 0 Å². The van der Waals surface area contributed by atoms with Crippen LogP contribution in [0.25, 0.3) is 0 Å². The molecule has 0 radical (unpaired) electrons. The Kier molecular flexibility index (Phi) is 12.4. The summed E-state index contributed by atoms with van der Waals surface area (Å²) < 4.78 is 82.3. The van der Waals surface area contributed by atoms with Crippen LogP contribution in [0.15, 0.2) is 18.3 Å². The number of carbonyl (C=O) groups excluding carboxylic acids is 4.